The highest BCUT2D eigenvalue weighted by atomic mass is 35.5. The minimum Gasteiger partial charge on any atom is -0.508 e. The maximum Gasteiger partial charge on any atom is 0.231 e. The summed E-state index contributed by atoms with van der Waals surface area (Å²) in [5.74, 6) is 0.285. The summed E-state index contributed by atoms with van der Waals surface area (Å²) in [6.45, 7) is 6.43. The zero-order valence-corrected chi connectivity index (χ0v) is 17.9. The number of amides is 1. The molecule has 1 heterocycles. The van der Waals surface area contributed by atoms with E-state index in [9.17, 15) is 9.90 Å². The molecule has 1 amide bonds. The zero-order chi connectivity index (χ0) is 19.4. The Labute approximate surface area is 178 Å². The Kier molecular flexibility index (Phi) is 8.17. The first-order chi connectivity index (χ1) is 12.9. The van der Waals surface area contributed by atoms with E-state index in [0.29, 0.717) is 17.5 Å². The number of phenolic OH excluding ortho intramolecular Hbond substituents is 1. The fourth-order valence-corrected chi connectivity index (χ4v) is 3.82. The number of carbonyl (C=O) groups is 1. The van der Waals surface area contributed by atoms with E-state index in [4.69, 9.17) is 11.6 Å². The van der Waals surface area contributed by atoms with Crippen molar-refractivity contribution >= 4 is 35.6 Å². The Bertz CT molecular complexity index is 755. The van der Waals surface area contributed by atoms with Crippen molar-refractivity contribution < 1.29 is 9.90 Å². The van der Waals surface area contributed by atoms with Gasteiger partial charge in [-0.05, 0) is 68.7 Å². The number of aromatic hydroxyl groups is 1. The van der Waals surface area contributed by atoms with E-state index < -0.39 is 0 Å². The van der Waals surface area contributed by atoms with Crippen LogP contribution in [0.25, 0.3) is 0 Å². The normalized spacial score (nSPS) is 15.3. The van der Waals surface area contributed by atoms with E-state index in [1.807, 2.05) is 29.2 Å². The van der Waals surface area contributed by atoms with E-state index >= 15 is 0 Å². The molecule has 0 unspecified atom stereocenters. The van der Waals surface area contributed by atoms with Gasteiger partial charge in [-0.15, -0.1) is 12.4 Å². The first-order valence-electron chi connectivity index (χ1n) is 9.53. The average Bonchev–Trinajstić information content (AvgIpc) is 2.66. The van der Waals surface area contributed by atoms with Crippen LogP contribution in [0, 0.1) is 0 Å². The SMILES string of the molecule is CC(C)N1CCC(N(C(=O)Cc2ccc(O)cc2)c2ccc(Cl)cc2)CC1.Cl. The Morgan fingerprint density at radius 2 is 1.68 bits per heavy atom. The zero-order valence-electron chi connectivity index (χ0n) is 16.3. The molecule has 0 bridgehead atoms. The van der Waals surface area contributed by atoms with Crippen molar-refractivity contribution in [3.05, 3.63) is 59.1 Å². The predicted molar refractivity (Wildman–Crippen MR) is 118 cm³/mol. The van der Waals surface area contributed by atoms with Crippen molar-refractivity contribution in [1.29, 1.82) is 0 Å². The fourth-order valence-electron chi connectivity index (χ4n) is 3.69. The monoisotopic (exact) mass is 422 g/mol. The van der Waals surface area contributed by atoms with Crippen LogP contribution in [-0.2, 0) is 11.2 Å². The molecule has 1 fully saturated rings. The minimum atomic E-state index is 0. The van der Waals surface area contributed by atoms with Crippen molar-refractivity contribution in [2.75, 3.05) is 18.0 Å². The average molecular weight is 423 g/mol. The summed E-state index contributed by atoms with van der Waals surface area (Å²) in [6, 6.07) is 15.1. The van der Waals surface area contributed by atoms with Crippen LogP contribution in [0.15, 0.2) is 48.5 Å². The lowest BCUT2D eigenvalue weighted by Crippen LogP contribution is -2.49. The molecular weight excluding hydrogens is 395 g/mol. The van der Waals surface area contributed by atoms with E-state index in [1.54, 1.807) is 24.3 Å². The molecule has 0 spiro atoms. The van der Waals surface area contributed by atoms with Gasteiger partial charge in [0.05, 0.1) is 6.42 Å². The van der Waals surface area contributed by atoms with Crippen LogP contribution in [-0.4, -0.2) is 41.1 Å². The minimum absolute atomic E-state index is 0. The van der Waals surface area contributed by atoms with Crippen molar-refractivity contribution in [2.45, 2.75) is 45.2 Å². The first kappa shape index (κ1) is 22.5. The fraction of sp³-hybridized carbons (Fsp3) is 0.409. The standard InChI is InChI=1S/C22H27ClN2O2.ClH/c1-16(2)24-13-11-20(12-14-24)25(19-7-5-18(23)6-8-19)22(27)15-17-3-9-21(26)10-4-17;/h3-10,16,20,26H,11-15H2,1-2H3;1H. The molecule has 1 N–H and O–H groups in total. The van der Waals surface area contributed by atoms with Crippen molar-refractivity contribution in [3.63, 3.8) is 0 Å². The number of hydrogen-bond acceptors (Lipinski definition) is 3. The number of likely N-dealkylation sites (tertiary alicyclic amines) is 1. The molecule has 6 heteroatoms. The lowest BCUT2D eigenvalue weighted by molar-refractivity contribution is -0.118. The summed E-state index contributed by atoms with van der Waals surface area (Å²) >= 11 is 6.05. The molecule has 0 saturated carbocycles. The van der Waals surface area contributed by atoms with E-state index in [2.05, 4.69) is 18.7 Å². The molecule has 3 rings (SSSR count). The third-order valence-corrected chi connectivity index (χ3v) is 5.51. The van der Waals surface area contributed by atoms with Gasteiger partial charge >= 0.3 is 0 Å². The first-order valence-corrected chi connectivity index (χ1v) is 9.91. The third-order valence-electron chi connectivity index (χ3n) is 5.26. The Balaban J connectivity index is 0.00000280. The number of anilines is 1. The predicted octanol–water partition coefficient (Wildman–Crippen LogP) is 4.92. The van der Waals surface area contributed by atoms with Gasteiger partial charge in [-0.25, -0.2) is 0 Å². The van der Waals surface area contributed by atoms with Gasteiger partial charge in [0.2, 0.25) is 5.91 Å². The van der Waals surface area contributed by atoms with Crippen molar-refractivity contribution in [2.24, 2.45) is 0 Å². The molecule has 0 atom stereocenters. The van der Waals surface area contributed by atoms with Crippen LogP contribution in [0.1, 0.15) is 32.3 Å². The topological polar surface area (TPSA) is 43.8 Å². The van der Waals surface area contributed by atoms with E-state index in [-0.39, 0.29) is 30.1 Å². The molecule has 1 aliphatic heterocycles. The van der Waals surface area contributed by atoms with Crippen LogP contribution in [0.5, 0.6) is 5.75 Å². The summed E-state index contributed by atoms with van der Waals surface area (Å²) in [4.78, 5) is 17.6. The smallest absolute Gasteiger partial charge is 0.231 e. The number of halogens is 2. The highest BCUT2D eigenvalue weighted by molar-refractivity contribution is 6.30. The maximum atomic E-state index is 13.2. The van der Waals surface area contributed by atoms with Gasteiger partial charge in [-0.2, -0.15) is 0 Å². The quantitative estimate of drug-likeness (QED) is 0.743. The number of nitrogens with zero attached hydrogens (tertiary/aromatic N) is 2. The second-order valence-electron chi connectivity index (χ2n) is 7.44. The van der Waals surface area contributed by atoms with Gasteiger partial charge in [-0.3, -0.25) is 4.79 Å². The molecule has 28 heavy (non-hydrogen) atoms. The highest BCUT2D eigenvalue weighted by Crippen LogP contribution is 2.27. The molecule has 2 aromatic rings. The lowest BCUT2D eigenvalue weighted by atomic mass is 9.99. The summed E-state index contributed by atoms with van der Waals surface area (Å²) in [7, 11) is 0. The molecule has 0 radical (unpaired) electrons. The molecular formula is C22H28Cl2N2O2. The van der Waals surface area contributed by atoms with Crippen LogP contribution in [0.4, 0.5) is 5.69 Å². The molecule has 1 aliphatic rings. The number of hydrogen-bond donors (Lipinski definition) is 1. The van der Waals surface area contributed by atoms with E-state index in [0.717, 1.165) is 37.2 Å². The Morgan fingerprint density at radius 3 is 2.21 bits per heavy atom. The summed E-state index contributed by atoms with van der Waals surface area (Å²) in [6.07, 6.45) is 2.23. The summed E-state index contributed by atoms with van der Waals surface area (Å²) in [5, 5.41) is 10.1. The van der Waals surface area contributed by atoms with Crippen molar-refractivity contribution in [1.82, 2.24) is 4.90 Å². The molecule has 1 saturated heterocycles. The van der Waals surface area contributed by atoms with Crippen LogP contribution >= 0.6 is 24.0 Å². The number of phenols is 1. The lowest BCUT2D eigenvalue weighted by Gasteiger charge is -2.40. The number of rotatable bonds is 5. The molecule has 152 valence electrons. The Hall–Kier alpha value is -1.75. The summed E-state index contributed by atoms with van der Waals surface area (Å²) < 4.78 is 0. The van der Waals surface area contributed by atoms with Crippen LogP contribution in [0.3, 0.4) is 0 Å². The second kappa shape index (κ2) is 10.1. The van der Waals surface area contributed by atoms with Gasteiger partial charge in [0.15, 0.2) is 0 Å². The number of carbonyl (C=O) groups excluding carboxylic acids is 1. The van der Waals surface area contributed by atoms with Gasteiger partial charge < -0.3 is 14.9 Å². The molecule has 0 aromatic heterocycles. The van der Waals surface area contributed by atoms with E-state index in [1.165, 1.54) is 0 Å². The summed E-state index contributed by atoms with van der Waals surface area (Å²) in [5.41, 5.74) is 1.79. The third kappa shape index (κ3) is 5.63. The van der Waals surface area contributed by atoms with Crippen molar-refractivity contribution in [3.8, 4) is 5.75 Å². The second-order valence-corrected chi connectivity index (χ2v) is 7.88. The molecule has 2 aromatic carbocycles. The van der Waals surface area contributed by atoms with Gasteiger partial charge in [0.25, 0.3) is 0 Å². The number of benzene rings is 2. The maximum absolute atomic E-state index is 13.2. The van der Waals surface area contributed by atoms with Gasteiger partial charge in [0, 0.05) is 35.9 Å². The molecule has 0 aliphatic carbocycles. The van der Waals surface area contributed by atoms with Crippen LogP contribution in [0.2, 0.25) is 5.02 Å². The van der Waals surface area contributed by atoms with Gasteiger partial charge in [-0.1, -0.05) is 23.7 Å². The van der Waals surface area contributed by atoms with Crippen LogP contribution < -0.4 is 4.90 Å². The Morgan fingerprint density at radius 1 is 1.11 bits per heavy atom. The molecule has 4 nitrogen and oxygen atoms in total. The largest absolute Gasteiger partial charge is 0.508 e. The van der Waals surface area contributed by atoms with Gasteiger partial charge in [0.1, 0.15) is 5.75 Å². The highest BCUT2D eigenvalue weighted by Gasteiger charge is 2.29. The number of piperidine rings is 1.